The van der Waals surface area contributed by atoms with E-state index in [1.54, 1.807) is 0 Å². The van der Waals surface area contributed by atoms with Gasteiger partial charge in [-0.3, -0.25) is 10.2 Å². The molecule has 1 amide bonds. The molecule has 1 unspecified atom stereocenters. The maximum atomic E-state index is 10.4. The molecule has 0 fully saturated rings. The zero-order chi connectivity index (χ0) is 9.72. The van der Waals surface area contributed by atoms with Crippen LogP contribution >= 0.6 is 12.6 Å². The SMILES string of the molecule is CN(NC(=O)O)C(CS)C(=O)O. The third-order valence-electron chi connectivity index (χ3n) is 1.20. The van der Waals surface area contributed by atoms with Crippen LogP contribution < -0.4 is 5.43 Å². The van der Waals surface area contributed by atoms with Crippen molar-refractivity contribution in [1.29, 1.82) is 0 Å². The highest BCUT2D eigenvalue weighted by Gasteiger charge is 2.21. The first-order chi connectivity index (χ1) is 5.49. The predicted molar refractivity (Wildman–Crippen MR) is 44.2 cm³/mol. The van der Waals surface area contributed by atoms with Gasteiger partial charge in [-0.15, -0.1) is 0 Å². The standard InChI is InChI=1S/C5H10N2O4S/c1-7(6-5(10)11)3(2-12)4(8)9/h3,6,12H,2H2,1H3,(H,8,9)(H,10,11). The Morgan fingerprint density at radius 2 is 2.08 bits per heavy atom. The third-order valence-corrected chi connectivity index (χ3v) is 1.54. The van der Waals surface area contributed by atoms with Crippen molar-refractivity contribution in [2.75, 3.05) is 12.8 Å². The van der Waals surface area contributed by atoms with Crippen molar-refractivity contribution in [3.05, 3.63) is 0 Å². The van der Waals surface area contributed by atoms with Crippen LogP contribution in [0.3, 0.4) is 0 Å². The number of nitrogens with one attached hydrogen (secondary N) is 1. The number of carboxylic acid groups (broad SMARTS) is 2. The van der Waals surface area contributed by atoms with Crippen LogP contribution in [0, 0.1) is 0 Å². The Labute approximate surface area is 74.5 Å². The fourth-order valence-corrected chi connectivity index (χ4v) is 0.996. The molecule has 0 rings (SSSR count). The lowest BCUT2D eigenvalue weighted by Crippen LogP contribution is -2.49. The molecule has 0 aliphatic carbocycles. The van der Waals surface area contributed by atoms with Gasteiger partial charge in [0.15, 0.2) is 0 Å². The number of carboxylic acids is 1. The Morgan fingerprint density at radius 1 is 1.58 bits per heavy atom. The molecule has 0 aromatic carbocycles. The van der Waals surface area contributed by atoms with Gasteiger partial charge in [0.1, 0.15) is 6.04 Å². The molecular formula is C5H10N2O4S. The molecule has 6 nitrogen and oxygen atoms in total. The molecule has 0 saturated carbocycles. The Morgan fingerprint density at radius 3 is 2.33 bits per heavy atom. The first-order valence-electron chi connectivity index (χ1n) is 3.05. The number of likely N-dealkylation sites (N-methyl/N-ethyl adjacent to an activating group) is 1. The number of aliphatic carboxylic acids is 1. The van der Waals surface area contributed by atoms with Gasteiger partial charge in [0.25, 0.3) is 0 Å². The normalized spacial score (nSPS) is 12.6. The summed E-state index contributed by atoms with van der Waals surface area (Å²) < 4.78 is 0. The van der Waals surface area contributed by atoms with Crippen LogP contribution in [0.4, 0.5) is 4.79 Å². The number of rotatable bonds is 4. The molecule has 0 aliphatic heterocycles. The van der Waals surface area contributed by atoms with E-state index in [-0.39, 0.29) is 5.75 Å². The topological polar surface area (TPSA) is 89.9 Å². The first kappa shape index (κ1) is 11.1. The summed E-state index contributed by atoms with van der Waals surface area (Å²) in [6.07, 6.45) is -1.30. The lowest BCUT2D eigenvalue weighted by Gasteiger charge is -2.21. The number of nitrogens with zero attached hydrogens (tertiary/aromatic N) is 1. The largest absolute Gasteiger partial charge is 0.480 e. The van der Waals surface area contributed by atoms with E-state index in [1.807, 2.05) is 5.43 Å². The third kappa shape index (κ3) is 3.44. The minimum absolute atomic E-state index is 0.0338. The molecule has 12 heavy (non-hydrogen) atoms. The zero-order valence-electron chi connectivity index (χ0n) is 6.39. The molecule has 0 heterocycles. The van der Waals surface area contributed by atoms with Gasteiger partial charge in [0.2, 0.25) is 0 Å². The van der Waals surface area contributed by atoms with Gasteiger partial charge < -0.3 is 10.2 Å². The summed E-state index contributed by atoms with van der Waals surface area (Å²) in [5.41, 5.74) is 1.90. The van der Waals surface area contributed by atoms with E-state index in [2.05, 4.69) is 12.6 Å². The Balaban J connectivity index is 4.11. The summed E-state index contributed by atoms with van der Waals surface area (Å²) in [6, 6.07) is -0.954. The maximum Gasteiger partial charge on any atom is 0.419 e. The molecule has 0 aromatic rings. The Bertz CT molecular complexity index is 186. The van der Waals surface area contributed by atoms with Gasteiger partial charge in [-0.25, -0.2) is 9.80 Å². The molecule has 3 N–H and O–H groups in total. The Kier molecular flexibility index (Phi) is 4.45. The molecular weight excluding hydrogens is 184 g/mol. The van der Waals surface area contributed by atoms with E-state index in [9.17, 15) is 9.59 Å². The van der Waals surface area contributed by atoms with Gasteiger partial charge in [0, 0.05) is 12.8 Å². The fourth-order valence-electron chi connectivity index (χ4n) is 0.595. The quantitative estimate of drug-likeness (QED) is 0.357. The maximum absolute atomic E-state index is 10.4. The molecule has 1 atom stereocenters. The molecule has 0 spiro atoms. The molecule has 70 valence electrons. The van der Waals surface area contributed by atoms with Gasteiger partial charge in [-0.2, -0.15) is 12.6 Å². The minimum atomic E-state index is -1.30. The number of carbonyl (C=O) groups is 2. The summed E-state index contributed by atoms with van der Waals surface area (Å²) in [6.45, 7) is 0. The van der Waals surface area contributed by atoms with Gasteiger partial charge in [-0.1, -0.05) is 0 Å². The van der Waals surface area contributed by atoms with Crippen molar-refractivity contribution in [1.82, 2.24) is 10.4 Å². The second-order valence-electron chi connectivity index (χ2n) is 2.06. The monoisotopic (exact) mass is 194 g/mol. The first-order valence-corrected chi connectivity index (χ1v) is 3.68. The van der Waals surface area contributed by atoms with E-state index >= 15 is 0 Å². The van der Waals surface area contributed by atoms with E-state index in [0.717, 1.165) is 5.01 Å². The Hall–Kier alpha value is -0.950. The van der Waals surface area contributed by atoms with E-state index in [1.165, 1.54) is 7.05 Å². The summed E-state index contributed by atoms with van der Waals surface area (Å²) in [7, 11) is 1.32. The zero-order valence-corrected chi connectivity index (χ0v) is 7.28. The number of thiol groups is 1. The van der Waals surface area contributed by atoms with Crippen LogP contribution in [0.1, 0.15) is 0 Å². The molecule has 0 aliphatic rings. The lowest BCUT2D eigenvalue weighted by atomic mass is 10.3. The van der Waals surface area contributed by atoms with Crippen LogP contribution in [0.5, 0.6) is 0 Å². The highest BCUT2D eigenvalue weighted by atomic mass is 32.1. The number of hydrazine groups is 1. The average molecular weight is 194 g/mol. The van der Waals surface area contributed by atoms with Crippen LogP contribution in [-0.4, -0.2) is 46.1 Å². The summed E-state index contributed by atoms with van der Waals surface area (Å²) in [5, 5.41) is 17.7. The number of amides is 1. The highest BCUT2D eigenvalue weighted by molar-refractivity contribution is 7.80. The second kappa shape index (κ2) is 4.83. The smallest absolute Gasteiger partial charge is 0.419 e. The van der Waals surface area contributed by atoms with E-state index < -0.39 is 18.1 Å². The number of hydrogen-bond acceptors (Lipinski definition) is 4. The van der Waals surface area contributed by atoms with Gasteiger partial charge in [-0.05, 0) is 0 Å². The molecule has 0 saturated heterocycles. The van der Waals surface area contributed by atoms with Crippen molar-refractivity contribution >= 4 is 24.7 Å². The van der Waals surface area contributed by atoms with Gasteiger partial charge in [0.05, 0.1) is 0 Å². The van der Waals surface area contributed by atoms with Crippen molar-refractivity contribution in [2.45, 2.75) is 6.04 Å². The average Bonchev–Trinajstić information content (AvgIpc) is 1.85. The summed E-state index contributed by atoms with van der Waals surface area (Å²) in [5.74, 6) is -1.09. The number of hydrogen-bond donors (Lipinski definition) is 4. The molecule has 7 heteroatoms. The van der Waals surface area contributed by atoms with E-state index in [4.69, 9.17) is 10.2 Å². The predicted octanol–water partition coefficient (Wildman–Crippen LogP) is -0.516. The van der Waals surface area contributed by atoms with Crippen LogP contribution in [0.25, 0.3) is 0 Å². The lowest BCUT2D eigenvalue weighted by molar-refractivity contribution is -0.142. The fraction of sp³-hybridized carbons (Fsp3) is 0.600. The van der Waals surface area contributed by atoms with E-state index in [0.29, 0.717) is 0 Å². The van der Waals surface area contributed by atoms with Gasteiger partial charge >= 0.3 is 12.1 Å². The van der Waals surface area contributed by atoms with Crippen molar-refractivity contribution in [2.24, 2.45) is 0 Å². The van der Waals surface area contributed by atoms with Crippen molar-refractivity contribution in [3.8, 4) is 0 Å². The molecule has 0 radical (unpaired) electrons. The summed E-state index contributed by atoms with van der Waals surface area (Å²) in [4.78, 5) is 20.5. The van der Waals surface area contributed by atoms with Crippen molar-refractivity contribution in [3.63, 3.8) is 0 Å². The molecule has 0 bridgehead atoms. The van der Waals surface area contributed by atoms with Crippen molar-refractivity contribution < 1.29 is 19.8 Å². The highest BCUT2D eigenvalue weighted by Crippen LogP contribution is 1.95. The van der Waals surface area contributed by atoms with Crippen LogP contribution in [-0.2, 0) is 4.79 Å². The van der Waals surface area contributed by atoms with Crippen LogP contribution in [0.2, 0.25) is 0 Å². The minimum Gasteiger partial charge on any atom is -0.480 e. The summed E-state index contributed by atoms with van der Waals surface area (Å²) >= 11 is 3.76. The van der Waals surface area contributed by atoms with Crippen LogP contribution in [0.15, 0.2) is 0 Å². The second-order valence-corrected chi connectivity index (χ2v) is 2.43. The molecule has 0 aromatic heterocycles.